The van der Waals surface area contributed by atoms with Gasteiger partial charge in [0.2, 0.25) is 0 Å². The fraction of sp³-hybridized carbons (Fsp3) is 0.750. The maximum atomic E-state index is 4.15. The summed E-state index contributed by atoms with van der Waals surface area (Å²) in [5.41, 5.74) is 2.99. The van der Waals surface area contributed by atoms with Crippen LogP contribution >= 0.6 is 11.8 Å². The van der Waals surface area contributed by atoms with Gasteiger partial charge in [-0.05, 0) is 32.8 Å². The third-order valence-corrected chi connectivity index (χ3v) is 5.64. The molecule has 1 heteroatoms. The molecule has 0 nitrogen and oxygen atoms in total. The first-order valence-corrected chi connectivity index (χ1v) is 7.89. The Morgan fingerprint density at radius 1 is 1.06 bits per heavy atom. The molecule has 1 aliphatic rings. The van der Waals surface area contributed by atoms with Crippen LogP contribution in [0.2, 0.25) is 0 Å². The quantitative estimate of drug-likeness (QED) is 0.494. The molecule has 98 valence electrons. The molecule has 0 saturated heterocycles. The van der Waals surface area contributed by atoms with Crippen molar-refractivity contribution in [2.75, 3.05) is 0 Å². The van der Waals surface area contributed by atoms with Crippen LogP contribution in [-0.4, -0.2) is 4.75 Å². The van der Waals surface area contributed by atoms with Gasteiger partial charge in [-0.2, -0.15) is 0 Å². The largest absolute Gasteiger partial charge is 0.115 e. The lowest BCUT2D eigenvalue weighted by Gasteiger charge is -2.25. The van der Waals surface area contributed by atoms with Crippen molar-refractivity contribution in [2.45, 2.75) is 77.4 Å². The van der Waals surface area contributed by atoms with E-state index < -0.39 is 0 Å². The van der Waals surface area contributed by atoms with E-state index in [0.29, 0.717) is 4.75 Å². The molecule has 1 aliphatic heterocycles. The van der Waals surface area contributed by atoms with Gasteiger partial charge in [-0.25, -0.2) is 0 Å². The molecule has 1 rings (SSSR count). The van der Waals surface area contributed by atoms with Crippen LogP contribution in [-0.2, 0) is 0 Å². The Kier molecular flexibility index (Phi) is 5.85. The van der Waals surface area contributed by atoms with Gasteiger partial charge in [0.1, 0.15) is 0 Å². The zero-order valence-corrected chi connectivity index (χ0v) is 12.9. The van der Waals surface area contributed by atoms with Crippen molar-refractivity contribution in [3.63, 3.8) is 0 Å². The Morgan fingerprint density at radius 3 is 2.18 bits per heavy atom. The molecule has 0 aliphatic carbocycles. The molecule has 1 heterocycles. The van der Waals surface area contributed by atoms with E-state index in [0.717, 1.165) is 0 Å². The average Bonchev–Trinajstić information content (AvgIpc) is 2.48. The summed E-state index contributed by atoms with van der Waals surface area (Å²) in [5.74, 6) is 0. The molecule has 0 amide bonds. The second-order valence-corrected chi connectivity index (χ2v) is 7.12. The summed E-state index contributed by atoms with van der Waals surface area (Å²) < 4.78 is 0.339. The van der Waals surface area contributed by atoms with Gasteiger partial charge in [0.15, 0.2) is 0 Å². The topological polar surface area (TPSA) is 0 Å². The van der Waals surface area contributed by atoms with Crippen LogP contribution in [0, 0.1) is 0 Å². The maximum absolute atomic E-state index is 4.15. The lowest BCUT2D eigenvalue weighted by molar-refractivity contribution is 0.554. The Hall–Kier alpha value is -0.170. The van der Waals surface area contributed by atoms with Crippen molar-refractivity contribution in [3.05, 3.63) is 22.6 Å². The van der Waals surface area contributed by atoms with Crippen LogP contribution in [0.4, 0.5) is 0 Å². The predicted molar refractivity (Wildman–Crippen MR) is 81.5 cm³/mol. The van der Waals surface area contributed by atoms with Gasteiger partial charge in [0, 0.05) is 9.65 Å². The highest BCUT2D eigenvalue weighted by atomic mass is 32.2. The summed E-state index contributed by atoms with van der Waals surface area (Å²) in [5, 5.41) is 0. The van der Waals surface area contributed by atoms with Crippen molar-refractivity contribution in [2.24, 2.45) is 0 Å². The van der Waals surface area contributed by atoms with Crippen LogP contribution in [0.5, 0.6) is 0 Å². The molecule has 1 atom stereocenters. The third kappa shape index (κ3) is 3.91. The van der Waals surface area contributed by atoms with E-state index in [1.54, 1.807) is 5.57 Å². The molecular weight excluding hydrogens is 224 g/mol. The van der Waals surface area contributed by atoms with Crippen molar-refractivity contribution in [3.8, 4) is 0 Å². The number of hydrogen-bond acceptors (Lipinski definition) is 1. The smallest absolute Gasteiger partial charge is 0.0390 e. The number of unbranched alkanes of at least 4 members (excludes halogenated alkanes) is 5. The second kappa shape index (κ2) is 6.68. The first-order valence-electron chi connectivity index (χ1n) is 7.07. The average molecular weight is 252 g/mol. The molecule has 0 aromatic rings. The normalized spacial score (nSPS) is 24.8. The molecule has 0 radical (unpaired) electrons. The van der Waals surface area contributed by atoms with Gasteiger partial charge >= 0.3 is 0 Å². The minimum Gasteiger partial charge on any atom is -0.115 e. The lowest BCUT2D eigenvalue weighted by atomic mass is 9.92. The van der Waals surface area contributed by atoms with E-state index >= 15 is 0 Å². The maximum Gasteiger partial charge on any atom is 0.0390 e. The number of thioether (sulfide) groups is 1. The first-order chi connectivity index (χ1) is 8.01. The molecular formula is C16H28S. The minimum atomic E-state index is 0.339. The molecule has 0 N–H and O–H groups in total. The van der Waals surface area contributed by atoms with Gasteiger partial charge in [0.05, 0.1) is 0 Å². The fourth-order valence-corrected chi connectivity index (χ4v) is 3.91. The van der Waals surface area contributed by atoms with Crippen LogP contribution < -0.4 is 0 Å². The van der Waals surface area contributed by atoms with E-state index in [1.165, 1.54) is 55.4 Å². The lowest BCUT2D eigenvalue weighted by Crippen LogP contribution is -2.18. The van der Waals surface area contributed by atoms with Crippen LogP contribution in [0.25, 0.3) is 0 Å². The molecule has 0 bridgehead atoms. The summed E-state index contributed by atoms with van der Waals surface area (Å²) in [7, 11) is 0. The second-order valence-electron chi connectivity index (χ2n) is 5.52. The first kappa shape index (κ1) is 14.9. The Labute approximate surface area is 112 Å². The van der Waals surface area contributed by atoms with Crippen LogP contribution in [0.3, 0.4) is 0 Å². The van der Waals surface area contributed by atoms with Gasteiger partial charge in [-0.15, -0.1) is 11.8 Å². The highest BCUT2D eigenvalue weighted by Crippen LogP contribution is 2.51. The van der Waals surface area contributed by atoms with Gasteiger partial charge in [0.25, 0.3) is 0 Å². The number of allylic oxidation sites excluding steroid dienone is 1. The Morgan fingerprint density at radius 2 is 1.65 bits per heavy atom. The highest BCUT2D eigenvalue weighted by Gasteiger charge is 2.34. The monoisotopic (exact) mass is 252 g/mol. The molecule has 0 spiro atoms. The zero-order chi connectivity index (χ0) is 12.9. The van der Waals surface area contributed by atoms with E-state index in [2.05, 4.69) is 34.3 Å². The Balaban J connectivity index is 2.30. The van der Waals surface area contributed by atoms with Crippen molar-refractivity contribution in [1.82, 2.24) is 0 Å². The van der Waals surface area contributed by atoms with Crippen molar-refractivity contribution < 1.29 is 0 Å². The van der Waals surface area contributed by atoms with Gasteiger partial charge in [-0.1, -0.05) is 57.6 Å². The number of rotatable bonds is 7. The van der Waals surface area contributed by atoms with Gasteiger partial charge < -0.3 is 0 Å². The third-order valence-electron chi connectivity index (χ3n) is 4.13. The molecule has 1 unspecified atom stereocenters. The summed E-state index contributed by atoms with van der Waals surface area (Å²) >= 11 is 1.98. The van der Waals surface area contributed by atoms with Crippen LogP contribution in [0.1, 0.15) is 72.6 Å². The molecule has 0 fully saturated rings. The molecule has 0 aromatic carbocycles. The van der Waals surface area contributed by atoms with Crippen molar-refractivity contribution >= 4 is 11.8 Å². The summed E-state index contributed by atoms with van der Waals surface area (Å²) in [4.78, 5) is 1.29. The van der Waals surface area contributed by atoms with E-state index in [-0.39, 0.29) is 0 Å². The highest BCUT2D eigenvalue weighted by molar-refractivity contribution is 8.05. The van der Waals surface area contributed by atoms with E-state index in [1.807, 2.05) is 11.8 Å². The molecule has 17 heavy (non-hydrogen) atoms. The van der Waals surface area contributed by atoms with E-state index in [9.17, 15) is 0 Å². The molecule has 0 aromatic heterocycles. The van der Waals surface area contributed by atoms with E-state index in [4.69, 9.17) is 0 Å². The zero-order valence-electron chi connectivity index (χ0n) is 12.1. The molecule has 0 saturated carbocycles. The van der Waals surface area contributed by atoms with Gasteiger partial charge in [-0.3, -0.25) is 0 Å². The fourth-order valence-electron chi connectivity index (χ4n) is 2.51. The summed E-state index contributed by atoms with van der Waals surface area (Å²) in [6.45, 7) is 13.3. The Bertz CT molecular complexity index is 301. The minimum absolute atomic E-state index is 0.339. The summed E-state index contributed by atoms with van der Waals surface area (Å²) in [6, 6.07) is 0. The number of hydrogen-bond donors (Lipinski definition) is 0. The predicted octanol–water partition coefficient (Wildman–Crippen LogP) is 6.09. The summed E-state index contributed by atoms with van der Waals surface area (Å²) in [6.07, 6.45) is 9.65. The standard InChI is InChI=1S/C16H28S/c1-6-7-8-9-10-11-12-16(5)14(3)13(2)15(4)17-16/h4,6-12H2,1-3,5H3. The SMILES string of the molecule is C=C1SC(C)(CCCCCCCC)C(C)=C1C. The van der Waals surface area contributed by atoms with Crippen LogP contribution in [0.15, 0.2) is 22.6 Å². The van der Waals surface area contributed by atoms with Crippen molar-refractivity contribution in [1.29, 1.82) is 0 Å².